The number of rotatable bonds is 6. The maximum atomic E-state index is 2.29. The number of benzene rings is 2. The number of nitrogens with zero attached hydrogens (tertiary/aromatic N) is 2. The van der Waals surface area contributed by atoms with Gasteiger partial charge in [0.05, 0.1) is 0 Å². The third-order valence-electron chi connectivity index (χ3n) is 3.08. The van der Waals surface area contributed by atoms with Gasteiger partial charge in [-0.2, -0.15) is 0 Å². The second-order valence-electron chi connectivity index (χ2n) is 5.83. The molecule has 0 aliphatic heterocycles. The smallest absolute Gasteiger partial charge is 0.0238 e. The monoisotopic (exact) mass is 372 g/mol. The van der Waals surface area contributed by atoms with Crippen LogP contribution in [0.3, 0.4) is 0 Å². The van der Waals surface area contributed by atoms with E-state index < -0.39 is 0 Å². The molecule has 0 aliphatic rings. The first-order valence-electron chi connectivity index (χ1n) is 7.19. The van der Waals surface area contributed by atoms with Crippen LogP contribution >= 0.6 is 36.6 Å². The van der Waals surface area contributed by atoms with Crippen LogP contribution in [0.1, 0.15) is 11.1 Å². The fraction of sp³-hybridized carbons (Fsp3) is 0.333. The zero-order valence-corrected chi connectivity index (χ0v) is 16.6. The fourth-order valence-corrected chi connectivity index (χ4v) is 3.30. The molecule has 0 unspecified atom stereocenters. The summed E-state index contributed by atoms with van der Waals surface area (Å²) in [4.78, 5) is 7.06. The Labute approximate surface area is 157 Å². The van der Waals surface area contributed by atoms with E-state index in [4.69, 9.17) is 0 Å². The van der Waals surface area contributed by atoms with E-state index >= 15 is 0 Å². The van der Waals surface area contributed by atoms with Crippen molar-refractivity contribution in [3.63, 3.8) is 0 Å². The van der Waals surface area contributed by atoms with Crippen LogP contribution in [-0.2, 0) is 13.1 Å². The summed E-state index contributed by atoms with van der Waals surface area (Å²) in [5, 5.41) is 0. The van der Waals surface area contributed by atoms with Crippen molar-refractivity contribution in [2.75, 3.05) is 28.2 Å². The Kier molecular flexibility index (Phi) is 10.6. The minimum absolute atomic E-state index is 0. The van der Waals surface area contributed by atoms with E-state index in [0.29, 0.717) is 0 Å². The summed E-state index contributed by atoms with van der Waals surface area (Å²) >= 11 is 1.85. The van der Waals surface area contributed by atoms with Gasteiger partial charge in [-0.05, 0) is 57.5 Å². The Bertz CT molecular complexity index is 589. The minimum Gasteiger partial charge on any atom is -0.305 e. The molecule has 0 spiro atoms. The number of halogens is 2. The quantitative estimate of drug-likeness (QED) is 0.718. The molecule has 5 heteroatoms. The first-order valence-corrected chi connectivity index (χ1v) is 8.00. The van der Waals surface area contributed by atoms with E-state index in [9.17, 15) is 0 Å². The summed E-state index contributed by atoms with van der Waals surface area (Å²) in [6.07, 6.45) is 0. The van der Waals surface area contributed by atoms with Crippen molar-refractivity contribution in [1.29, 1.82) is 0 Å². The maximum absolute atomic E-state index is 2.29. The van der Waals surface area contributed by atoms with Gasteiger partial charge < -0.3 is 9.80 Å². The molecule has 0 saturated heterocycles. The molecule has 0 saturated carbocycles. The van der Waals surface area contributed by atoms with Gasteiger partial charge in [0.1, 0.15) is 0 Å². The maximum Gasteiger partial charge on any atom is 0.0238 e. The first-order chi connectivity index (χ1) is 10.0. The summed E-state index contributed by atoms with van der Waals surface area (Å²) in [6.45, 7) is 1.95. The molecular weight excluding hydrogens is 347 g/mol. The fourth-order valence-electron chi connectivity index (χ4n) is 2.27. The van der Waals surface area contributed by atoms with E-state index in [0.717, 1.165) is 13.1 Å². The van der Waals surface area contributed by atoms with E-state index in [2.05, 4.69) is 86.5 Å². The van der Waals surface area contributed by atoms with Crippen LogP contribution in [0.25, 0.3) is 0 Å². The molecule has 2 rings (SSSR count). The van der Waals surface area contributed by atoms with Crippen molar-refractivity contribution in [2.24, 2.45) is 0 Å². The number of hydrogen-bond acceptors (Lipinski definition) is 3. The average Bonchev–Trinajstić information content (AvgIpc) is 2.40. The average molecular weight is 373 g/mol. The van der Waals surface area contributed by atoms with Crippen LogP contribution in [0.4, 0.5) is 0 Å². The topological polar surface area (TPSA) is 6.48 Å². The highest BCUT2D eigenvalue weighted by molar-refractivity contribution is 7.99. The summed E-state index contributed by atoms with van der Waals surface area (Å²) in [7, 11) is 8.43. The molecule has 2 aromatic carbocycles. The summed E-state index contributed by atoms with van der Waals surface area (Å²) < 4.78 is 0. The van der Waals surface area contributed by atoms with E-state index in [1.807, 2.05) is 11.8 Å². The summed E-state index contributed by atoms with van der Waals surface area (Å²) in [5.41, 5.74) is 2.74. The lowest BCUT2D eigenvalue weighted by Gasteiger charge is -2.14. The lowest BCUT2D eigenvalue weighted by Crippen LogP contribution is -2.11. The summed E-state index contributed by atoms with van der Waals surface area (Å²) in [5.74, 6) is 0. The molecule has 0 heterocycles. The Balaban J connectivity index is 0.00000242. The lowest BCUT2D eigenvalue weighted by molar-refractivity contribution is 0.399. The zero-order chi connectivity index (χ0) is 15.2. The van der Waals surface area contributed by atoms with Crippen LogP contribution in [0.15, 0.2) is 58.3 Å². The van der Waals surface area contributed by atoms with Gasteiger partial charge >= 0.3 is 0 Å². The predicted octanol–water partition coefficient (Wildman–Crippen LogP) is 4.80. The molecule has 2 aromatic rings. The predicted molar refractivity (Wildman–Crippen MR) is 106 cm³/mol. The number of hydrogen-bond donors (Lipinski definition) is 0. The molecule has 2 nitrogen and oxygen atoms in total. The van der Waals surface area contributed by atoms with Crippen LogP contribution in [0.2, 0.25) is 0 Å². The molecule has 0 aromatic heterocycles. The van der Waals surface area contributed by atoms with Gasteiger partial charge in [0.25, 0.3) is 0 Å². The van der Waals surface area contributed by atoms with Gasteiger partial charge in [-0.15, -0.1) is 24.8 Å². The van der Waals surface area contributed by atoms with Crippen molar-refractivity contribution in [1.82, 2.24) is 9.80 Å². The molecule has 0 N–H and O–H groups in total. The van der Waals surface area contributed by atoms with Crippen molar-refractivity contribution in [3.8, 4) is 0 Å². The SMILES string of the molecule is CN(C)Cc1cccc(Sc2ccccc2CN(C)C)c1.Cl.Cl. The van der Waals surface area contributed by atoms with Crippen molar-refractivity contribution < 1.29 is 0 Å². The highest BCUT2D eigenvalue weighted by atomic mass is 35.5. The van der Waals surface area contributed by atoms with Gasteiger partial charge in [0, 0.05) is 22.9 Å². The highest BCUT2D eigenvalue weighted by Gasteiger charge is 2.06. The molecule has 0 aliphatic carbocycles. The molecule has 23 heavy (non-hydrogen) atoms. The van der Waals surface area contributed by atoms with Crippen molar-refractivity contribution >= 4 is 36.6 Å². The molecule has 0 bridgehead atoms. The normalized spacial score (nSPS) is 10.3. The van der Waals surface area contributed by atoms with Crippen molar-refractivity contribution in [3.05, 3.63) is 59.7 Å². The largest absolute Gasteiger partial charge is 0.305 e. The molecule has 128 valence electrons. The molecule has 0 radical (unpaired) electrons. The zero-order valence-electron chi connectivity index (χ0n) is 14.2. The van der Waals surface area contributed by atoms with Gasteiger partial charge in [-0.3, -0.25) is 0 Å². The second-order valence-corrected chi connectivity index (χ2v) is 6.95. The first kappa shape index (κ1) is 22.3. The Morgan fingerprint density at radius 1 is 0.783 bits per heavy atom. The third kappa shape index (κ3) is 7.60. The van der Waals surface area contributed by atoms with E-state index in [1.165, 1.54) is 20.9 Å². The Hall–Kier alpha value is -0.710. The molecule has 0 atom stereocenters. The summed E-state index contributed by atoms with van der Waals surface area (Å²) in [6, 6.07) is 17.5. The van der Waals surface area contributed by atoms with Crippen molar-refractivity contribution in [2.45, 2.75) is 22.9 Å². The van der Waals surface area contributed by atoms with Crippen LogP contribution in [0, 0.1) is 0 Å². The highest BCUT2D eigenvalue weighted by Crippen LogP contribution is 2.31. The lowest BCUT2D eigenvalue weighted by atomic mass is 10.2. The van der Waals surface area contributed by atoms with Gasteiger partial charge in [-0.25, -0.2) is 0 Å². The van der Waals surface area contributed by atoms with Crippen LogP contribution in [-0.4, -0.2) is 38.0 Å². The van der Waals surface area contributed by atoms with Crippen LogP contribution in [0.5, 0.6) is 0 Å². The van der Waals surface area contributed by atoms with Gasteiger partial charge in [-0.1, -0.05) is 42.1 Å². The third-order valence-corrected chi connectivity index (χ3v) is 4.19. The Morgan fingerprint density at radius 2 is 1.43 bits per heavy atom. The minimum atomic E-state index is 0. The Morgan fingerprint density at radius 3 is 2.09 bits per heavy atom. The van der Waals surface area contributed by atoms with E-state index in [1.54, 1.807) is 0 Å². The second kappa shape index (κ2) is 11.0. The van der Waals surface area contributed by atoms with Gasteiger partial charge in [0.15, 0.2) is 0 Å². The van der Waals surface area contributed by atoms with E-state index in [-0.39, 0.29) is 24.8 Å². The molecular formula is C18H26Cl2N2S. The molecule has 0 fully saturated rings. The molecule has 0 amide bonds. The van der Waals surface area contributed by atoms with Crippen LogP contribution < -0.4 is 0 Å². The van der Waals surface area contributed by atoms with Gasteiger partial charge in [0.2, 0.25) is 0 Å². The standard InChI is InChI=1S/C18H24N2S.2ClH/c1-19(2)13-15-8-7-10-17(12-15)21-18-11-6-5-9-16(18)14-20(3)4;;/h5-12H,13-14H2,1-4H3;2*1H.